The lowest BCUT2D eigenvalue weighted by atomic mass is 10.1. The van der Waals surface area contributed by atoms with E-state index in [0.717, 1.165) is 54.2 Å². The summed E-state index contributed by atoms with van der Waals surface area (Å²) in [5, 5.41) is 10.2. The molecule has 0 bridgehead atoms. The normalized spacial score (nSPS) is 15.2. The summed E-state index contributed by atoms with van der Waals surface area (Å²) in [5.74, 6) is 1.50. The number of rotatable bonds is 5. The molecule has 0 amide bonds. The molecule has 2 aromatic rings. The maximum atomic E-state index is 10.2. The Kier molecular flexibility index (Phi) is 6.32. The fourth-order valence-corrected chi connectivity index (χ4v) is 4.52. The predicted octanol–water partition coefficient (Wildman–Crippen LogP) is 4.26. The monoisotopic (exact) mass is 484 g/mol. The van der Waals surface area contributed by atoms with Gasteiger partial charge in [0.2, 0.25) is 0 Å². The van der Waals surface area contributed by atoms with Crippen molar-refractivity contribution in [2.75, 3.05) is 45.3 Å². The van der Waals surface area contributed by atoms with Gasteiger partial charge in [0.25, 0.3) is 0 Å². The quantitative estimate of drug-likeness (QED) is 0.685. The number of hydrogen-bond donors (Lipinski definition) is 1. The molecule has 5 nitrogen and oxygen atoms in total. The van der Waals surface area contributed by atoms with E-state index < -0.39 is 0 Å². The summed E-state index contributed by atoms with van der Waals surface area (Å²) in [4.78, 5) is 4.73. The molecule has 1 fully saturated rings. The molecule has 0 saturated carbocycles. The number of methoxy groups -OCH3 is 2. The molecule has 0 aliphatic carbocycles. The van der Waals surface area contributed by atoms with Gasteiger partial charge in [0, 0.05) is 37.2 Å². The lowest BCUT2D eigenvalue weighted by molar-refractivity contribution is 0.247. The number of nitrogens with zero attached hydrogens (tertiary/aromatic N) is 2. The van der Waals surface area contributed by atoms with E-state index in [1.165, 1.54) is 0 Å². The molecule has 1 aliphatic heterocycles. The minimum absolute atomic E-state index is 0.137. The molecular formula is C19H22Br2N2O3. The summed E-state index contributed by atoms with van der Waals surface area (Å²) in [6.45, 7) is 4.47. The third-order valence-corrected chi connectivity index (χ3v) is 6.21. The van der Waals surface area contributed by atoms with E-state index >= 15 is 0 Å². The number of anilines is 1. The Balaban J connectivity index is 1.69. The van der Waals surface area contributed by atoms with Gasteiger partial charge in [-0.3, -0.25) is 4.90 Å². The van der Waals surface area contributed by atoms with E-state index in [1.54, 1.807) is 20.3 Å². The first-order valence-electron chi connectivity index (χ1n) is 8.39. The number of piperazine rings is 1. The number of phenolic OH excluding ortho intramolecular Hbond substituents is 1. The van der Waals surface area contributed by atoms with Gasteiger partial charge in [-0.15, -0.1) is 0 Å². The number of aromatic hydroxyl groups is 1. The van der Waals surface area contributed by atoms with Crippen molar-refractivity contribution in [3.8, 4) is 17.2 Å². The van der Waals surface area contributed by atoms with Crippen LogP contribution in [0.25, 0.3) is 0 Å². The maximum Gasteiger partial charge on any atom is 0.172 e. The Labute approximate surface area is 170 Å². The van der Waals surface area contributed by atoms with Crippen LogP contribution in [0.4, 0.5) is 5.69 Å². The van der Waals surface area contributed by atoms with E-state index in [9.17, 15) is 5.11 Å². The van der Waals surface area contributed by atoms with Crippen molar-refractivity contribution in [1.82, 2.24) is 4.90 Å². The van der Waals surface area contributed by atoms with Crippen molar-refractivity contribution < 1.29 is 14.6 Å². The van der Waals surface area contributed by atoms with Gasteiger partial charge in [0.05, 0.1) is 24.4 Å². The van der Waals surface area contributed by atoms with Gasteiger partial charge in [-0.25, -0.2) is 0 Å². The van der Waals surface area contributed by atoms with Crippen LogP contribution in [-0.4, -0.2) is 50.4 Å². The number of ether oxygens (including phenoxy) is 2. The maximum absolute atomic E-state index is 10.2. The Morgan fingerprint density at radius 2 is 1.65 bits per heavy atom. The molecule has 0 unspecified atom stereocenters. The highest BCUT2D eigenvalue weighted by Gasteiger charge is 2.22. The van der Waals surface area contributed by atoms with Crippen LogP contribution in [0.5, 0.6) is 17.2 Å². The molecule has 1 N–H and O–H groups in total. The molecule has 0 radical (unpaired) electrons. The largest absolute Gasteiger partial charge is 0.503 e. The Bertz CT molecular complexity index is 778. The third kappa shape index (κ3) is 3.94. The van der Waals surface area contributed by atoms with Crippen molar-refractivity contribution in [3.05, 3.63) is 44.8 Å². The molecule has 2 aromatic carbocycles. The lowest BCUT2D eigenvalue weighted by Crippen LogP contribution is -2.46. The van der Waals surface area contributed by atoms with Crippen molar-refractivity contribution in [1.29, 1.82) is 0 Å². The van der Waals surface area contributed by atoms with Gasteiger partial charge >= 0.3 is 0 Å². The van der Waals surface area contributed by atoms with Gasteiger partial charge < -0.3 is 19.5 Å². The SMILES string of the molecule is COc1ccccc1N1CCN(Cc2c(Br)cc(OC)c(O)c2Br)CC1. The van der Waals surface area contributed by atoms with Crippen molar-refractivity contribution in [2.24, 2.45) is 0 Å². The molecule has 140 valence electrons. The summed E-state index contributed by atoms with van der Waals surface area (Å²) < 4.78 is 12.3. The number of benzene rings is 2. The number of phenols is 1. The first-order chi connectivity index (χ1) is 12.5. The molecule has 1 aliphatic rings. The van der Waals surface area contributed by atoms with Crippen LogP contribution < -0.4 is 14.4 Å². The fourth-order valence-electron chi connectivity index (χ4n) is 3.19. The molecule has 0 spiro atoms. The smallest absolute Gasteiger partial charge is 0.172 e. The molecule has 1 heterocycles. The van der Waals surface area contributed by atoms with Crippen LogP contribution in [0.3, 0.4) is 0 Å². The Hall–Kier alpha value is -1.44. The Morgan fingerprint density at radius 1 is 1.00 bits per heavy atom. The molecule has 0 atom stereocenters. The Morgan fingerprint density at radius 3 is 2.31 bits per heavy atom. The number of halogens is 2. The zero-order valence-corrected chi connectivity index (χ0v) is 18.0. The third-order valence-electron chi connectivity index (χ3n) is 4.65. The molecule has 26 heavy (non-hydrogen) atoms. The lowest BCUT2D eigenvalue weighted by Gasteiger charge is -2.37. The first kappa shape index (κ1) is 19.3. The molecule has 7 heteroatoms. The first-order valence-corrected chi connectivity index (χ1v) is 9.98. The molecule has 3 rings (SSSR count). The summed E-state index contributed by atoms with van der Waals surface area (Å²) >= 11 is 7.10. The zero-order valence-electron chi connectivity index (χ0n) is 14.8. The van der Waals surface area contributed by atoms with Gasteiger partial charge in [-0.1, -0.05) is 28.1 Å². The second kappa shape index (κ2) is 8.50. The van der Waals surface area contributed by atoms with E-state index in [1.807, 2.05) is 18.2 Å². The van der Waals surface area contributed by atoms with E-state index in [-0.39, 0.29) is 5.75 Å². The van der Waals surface area contributed by atoms with Crippen LogP contribution in [0.2, 0.25) is 0 Å². The minimum atomic E-state index is 0.137. The van der Waals surface area contributed by atoms with Crippen LogP contribution in [0.15, 0.2) is 39.3 Å². The van der Waals surface area contributed by atoms with E-state index in [4.69, 9.17) is 9.47 Å². The molecule has 0 aromatic heterocycles. The zero-order chi connectivity index (χ0) is 18.7. The van der Waals surface area contributed by atoms with E-state index in [2.05, 4.69) is 47.7 Å². The van der Waals surface area contributed by atoms with Crippen molar-refractivity contribution in [3.63, 3.8) is 0 Å². The summed E-state index contributed by atoms with van der Waals surface area (Å²) in [6.07, 6.45) is 0. The average molecular weight is 486 g/mol. The fraction of sp³-hybridized carbons (Fsp3) is 0.368. The molecular weight excluding hydrogens is 464 g/mol. The number of para-hydroxylation sites is 2. The van der Waals surface area contributed by atoms with Crippen LogP contribution >= 0.6 is 31.9 Å². The van der Waals surface area contributed by atoms with E-state index in [0.29, 0.717) is 10.2 Å². The van der Waals surface area contributed by atoms with Gasteiger partial charge in [-0.2, -0.15) is 0 Å². The van der Waals surface area contributed by atoms with Crippen LogP contribution in [-0.2, 0) is 6.54 Å². The summed E-state index contributed by atoms with van der Waals surface area (Å²) in [7, 11) is 3.25. The molecule has 1 saturated heterocycles. The predicted molar refractivity (Wildman–Crippen MR) is 111 cm³/mol. The second-order valence-electron chi connectivity index (χ2n) is 6.14. The van der Waals surface area contributed by atoms with Crippen LogP contribution in [0.1, 0.15) is 5.56 Å². The number of hydrogen-bond acceptors (Lipinski definition) is 5. The summed E-state index contributed by atoms with van der Waals surface area (Å²) in [6, 6.07) is 9.93. The highest BCUT2D eigenvalue weighted by Crippen LogP contribution is 2.41. The van der Waals surface area contributed by atoms with Crippen molar-refractivity contribution >= 4 is 37.5 Å². The summed E-state index contributed by atoms with van der Waals surface area (Å²) in [5.41, 5.74) is 2.16. The highest BCUT2D eigenvalue weighted by molar-refractivity contribution is 9.11. The van der Waals surface area contributed by atoms with Gasteiger partial charge in [0.15, 0.2) is 11.5 Å². The minimum Gasteiger partial charge on any atom is -0.503 e. The van der Waals surface area contributed by atoms with Crippen LogP contribution in [0, 0.1) is 0 Å². The van der Waals surface area contributed by atoms with Gasteiger partial charge in [0.1, 0.15) is 5.75 Å². The topological polar surface area (TPSA) is 45.2 Å². The highest BCUT2D eigenvalue weighted by atomic mass is 79.9. The van der Waals surface area contributed by atoms with Gasteiger partial charge in [-0.05, 0) is 39.7 Å². The van der Waals surface area contributed by atoms with Crippen molar-refractivity contribution in [2.45, 2.75) is 6.54 Å². The standard InChI is InChI=1S/C19H22Br2N2O3/c1-25-16-6-4-3-5-15(16)23-9-7-22(8-10-23)12-13-14(20)11-17(26-2)19(24)18(13)21/h3-6,11,24H,7-10,12H2,1-2H3. The average Bonchev–Trinajstić information content (AvgIpc) is 2.68. The second-order valence-corrected chi connectivity index (χ2v) is 7.78.